The number of hydrogen-bond donors (Lipinski definition) is 3. The maximum atomic E-state index is 12.2. The van der Waals surface area contributed by atoms with Crippen molar-refractivity contribution in [1.82, 2.24) is 15.5 Å². The summed E-state index contributed by atoms with van der Waals surface area (Å²) in [5.74, 6) is -0.356. The Balaban J connectivity index is 1.29. The molecule has 0 bridgehead atoms. The van der Waals surface area contributed by atoms with E-state index in [4.69, 9.17) is 14.6 Å². The van der Waals surface area contributed by atoms with Gasteiger partial charge >= 0.3 is 5.97 Å². The molecule has 11 heteroatoms. The number of hydrogen-bond acceptors (Lipinski definition) is 9. The lowest BCUT2D eigenvalue weighted by Crippen LogP contribution is -2.31. The van der Waals surface area contributed by atoms with Crippen LogP contribution in [-0.4, -0.2) is 44.1 Å². The highest BCUT2D eigenvalue weighted by atomic mass is 32.2. The molecule has 0 radical (unpaired) electrons. The van der Waals surface area contributed by atoms with E-state index in [9.17, 15) is 14.7 Å². The van der Waals surface area contributed by atoms with E-state index in [0.717, 1.165) is 42.7 Å². The molecule has 1 fully saturated rings. The second-order valence-corrected chi connectivity index (χ2v) is 13.0. The van der Waals surface area contributed by atoms with Crippen LogP contribution in [0.2, 0.25) is 0 Å². The number of aliphatic hydroxyl groups is 1. The SMILES string of the molecule is Cc1nnc(SC[C@@H]2C[C@H](c3ccc(CO)cc3)O[C@H](c3ccc(-c4ccccc4CNC(=O)CCCC(=O)O)cc3)O2)s1. The molecule has 1 amide bonds. The number of aliphatic hydroxyl groups excluding tert-OH is 1. The topological polar surface area (TPSA) is 131 Å². The number of aliphatic carboxylic acids is 1. The third kappa shape index (κ3) is 8.73. The van der Waals surface area contributed by atoms with Crippen LogP contribution in [0.3, 0.4) is 0 Å². The van der Waals surface area contributed by atoms with Crippen molar-refractivity contribution in [3.05, 3.63) is 100 Å². The number of amides is 1. The van der Waals surface area contributed by atoms with Gasteiger partial charge in [0.1, 0.15) is 5.01 Å². The predicted octanol–water partition coefficient (Wildman–Crippen LogP) is 6.21. The number of nitrogens with one attached hydrogen (secondary N) is 1. The van der Waals surface area contributed by atoms with E-state index < -0.39 is 12.3 Å². The van der Waals surface area contributed by atoms with Gasteiger partial charge in [0.15, 0.2) is 10.6 Å². The maximum Gasteiger partial charge on any atom is 0.303 e. The Morgan fingerprint density at radius 1 is 0.977 bits per heavy atom. The van der Waals surface area contributed by atoms with Gasteiger partial charge in [0, 0.05) is 37.1 Å². The first-order valence-corrected chi connectivity index (χ1v) is 16.3. The Kier molecular flexibility index (Phi) is 11.1. The zero-order valence-corrected chi connectivity index (χ0v) is 26.0. The van der Waals surface area contributed by atoms with Gasteiger partial charge in [-0.25, -0.2) is 0 Å². The van der Waals surface area contributed by atoms with Gasteiger partial charge in [-0.05, 0) is 41.2 Å². The molecule has 4 aromatic rings. The number of nitrogens with zero attached hydrogens (tertiary/aromatic N) is 2. The molecule has 3 N–H and O–H groups in total. The van der Waals surface area contributed by atoms with Crippen LogP contribution >= 0.6 is 23.1 Å². The van der Waals surface area contributed by atoms with Gasteiger partial charge in [-0.2, -0.15) is 0 Å². The van der Waals surface area contributed by atoms with E-state index >= 15 is 0 Å². The molecule has 1 aliphatic rings. The largest absolute Gasteiger partial charge is 0.481 e. The van der Waals surface area contributed by atoms with Crippen LogP contribution in [0, 0.1) is 6.92 Å². The molecule has 44 heavy (non-hydrogen) atoms. The Morgan fingerprint density at radius 2 is 1.73 bits per heavy atom. The van der Waals surface area contributed by atoms with E-state index in [-0.39, 0.29) is 37.6 Å². The lowest BCUT2D eigenvalue weighted by Gasteiger charge is -2.36. The van der Waals surface area contributed by atoms with Crippen LogP contribution in [0.5, 0.6) is 0 Å². The monoisotopic (exact) mass is 633 g/mol. The predicted molar refractivity (Wildman–Crippen MR) is 169 cm³/mol. The molecular weight excluding hydrogens is 599 g/mol. The molecule has 3 atom stereocenters. The molecule has 9 nitrogen and oxygen atoms in total. The normalized spacial score (nSPS) is 18.2. The molecule has 2 heterocycles. The molecule has 1 aliphatic heterocycles. The Morgan fingerprint density at radius 3 is 2.43 bits per heavy atom. The van der Waals surface area contributed by atoms with Crippen LogP contribution in [0.15, 0.2) is 77.1 Å². The van der Waals surface area contributed by atoms with E-state index in [2.05, 4.69) is 15.5 Å². The molecular formula is C33H35N3O6S2. The first-order valence-electron chi connectivity index (χ1n) is 14.5. The highest BCUT2D eigenvalue weighted by Gasteiger charge is 2.32. The number of rotatable bonds is 13. The van der Waals surface area contributed by atoms with Crippen molar-refractivity contribution in [2.24, 2.45) is 0 Å². The Bertz CT molecular complexity index is 1540. The number of carbonyl (C=O) groups excluding carboxylic acids is 1. The highest BCUT2D eigenvalue weighted by molar-refractivity contribution is 8.01. The Hall–Kier alpha value is -3.61. The lowest BCUT2D eigenvalue weighted by molar-refractivity contribution is -0.245. The fourth-order valence-corrected chi connectivity index (χ4v) is 6.84. The number of carbonyl (C=O) groups is 2. The fraction of sp³-hybridized carbons (Fsp3) is 0.333. The number of aromatic nitrogens is 2. The van der Waals surface area contributed by atoms with Gasteiger partial charge in [0.05, 0.1) is 18.8 Å². The second-order valence-electron chi connectivity index (χ2n) is 10.6. The highest BCUT2D eigenvalue weighted by Crippen LogP contribution is 2.40. The van der Waals surface area contributed by atoms with E-state index in [1.54, 1.807) is 23.1 Å². The number of ether oxygens (including phenoxy) is 2. The van der Waals surface area contributed by atoms with Gasteiger partial charge in [0.2, 0.25) is 5.91 Å². The minimum absolute atomic E-state index is 0.00723. The zero-order chi connectivity index (χ0) is 30.9. The lowest BCUT2D eigenvalue weighted by atomic mass is 9.97. The molecule has 0 saturated carbocycles. The van der Waals surface area contributed by atoms with E-state index in [0.29, 0.717) is 25.1 Å². The molecule has 0 aliphatic carbocycles. The summed E-state index contributed by atoms with van der Waals surface area (Å²) >= 11 is 3.21. The molecule has 0 spiro atoms. The third-order valence-corrected chi connectivity index (χ3v) is 9.40. The smallest absolute Gasteiger partial charge is 0.303 e. The molecule has 5 rings (SSSR count). The summed E-state index contributed by atoms with van der Waals surface area (Å²) in [5, 5.41) is 30.5. The Labute approximate surface area is 264 Å². The van der Waals surface area contributed by atoms with Gasteiger partial charge in [0.25, 0.3) is 0 Å². The summed E-state index contributed by atoms with van der Waals surface area (Å²) in [6, 6.07) is 23.8. The molecule has 0 unspecified atom stereocenters. The van der Waals surface area contributed by atoms with Crippen molar-refractivity contribution in [3.8, 4) is 11.1 Å². The number of aryl methyl sites for hydroxylation is 1. The minimum Gasteiger partial charge on any atom is -0.481 e. The summed E-state index contributed by atoms with van der Waals surface area (Å²) in [6.07, 6.45) is 0.329. The van der Waals surface area contributed by atoms with Crippen molar-refractivity contribution >= 4 is 35.0 Å². The first kappa shape index (κ1) is 31.8. The summed E-state index contributed by atoms with van der Waals surface area (Å²) in [5.41, 5.74) is 5.75. The van der Waals surface area contributed by atoms with Crippen molar-refractivity contribution in [1.29, 1.82) is 0 Å². The standard InChI is InChI=1S/C33H35N3O6S2/c1-21-35-36-33(44-21)43-20-27-17-29(24-11-9-22(19-37)10-12-24)42-32(41-27)25-15-13-23(14-16-25)28-6-3-2-5-26(28)18-34-30(38)7-4-8-31(39)40/h2-3,5-6,9-16,27,29,32,37H,4,7-8,17-20H2,1H3,(H,34,38)(H,39,40)/t27-,29+,32+/m0/s1. The summed E-state index contributed by atoms with van der Waals surface area (Å²) in [7, 11) is 0. The van der Waals surface area contributed by atoms with Gasteiger partial charge in [-0.15, -0.1) is 10.2 Å². The van der Waals surface area contributed by atoms with Crippen molar-refractivity contribution in [2.45, 2.75) is 68.6 Å². The van der Waals surface area contributed by atoms with Crippen molar-refractivity contribution in [2.75, 3.05) is 5.75 Å². The minimum atomic E-state index is -0.902. The van der Waals surface area contributed by atoms with Crippen LogP contribution in [-0.2, 0) is 32.2 Å². The fourth-order valence-electron chi connectivity index (χ4n) is 4.98. The number of carboxylic acid groups (broad SMARTS) is 1. The quantitative estimate of drug-likeness (QED) is 0.147. The summed E-state index contributed by atoms with van der Waals surface area (Å²) in [4.78, 5) is 23.0. The van der Waals surface area contributed by atoms with Crippen LogP contribution in [0.1, 0.15) is 65.3 Å². The van der Waals surface area contributed by atoms with Gasteiger partial charge < -0.3 is 25.0 Å². The van der Waals surface area contributed by atoms with Crippen LogP contribution in [0.25, 0.3) is 11.1 Å². The summed E-state index contributed by atoms with van der Waals surface area (Å²) < 4.78 is 13.9. The maximum absolute atomic E-state index is 12.2. The van der Waals surface area contributed by atoms with E-state index in [1.165, 1.54) is 0 Å². The van der Waals surface area contributed by atoms with Crippen LogP contribution < -0.4 is 5.32 Å². The molecule has 1 aromatic heterocycles. The molecule has 1 saturated heterocycles. The number of thioether (sulfide) groups is 1. The number of benzene rings is 3. The average molecular weight is 634 g/mol. The average Bonchev–Trinajstić information content (AvgIpc) is 3.47. The third-order valence-electron chi connectivity index (χ3n) is 7.30. The molecule has 230 valence electrons. The van der Waals surface area contributed by atoms with Crippen molar-refractivity contribution in [3.63, 3.8) is 0 Å². The van der Waals surface area contributed by atoms with Crippen LogP contribution in [0.4, 0.5) is 0 Å². The van der Waals surface area contributed by atoms with Gasteiger partial charge in [-0.3, -0.25) is 9.59 Å². The number of carboxylic acids is 1. The summed E-state index contributed by atoms with van der Waals surface area (Å²) in [6.45, 7) is 2.29. The second kappa shape index (κ2) is 15.4. The molecule has 3 aromatic carbocycles. The zero-order valence-electron chi connectivity index (χ0n) is 24.3. The van der Waals surface area contributed by atoms with E-state index in [1.807, 2.05) is 79.7 Å². The first-order chi connectivity index (χ1) is 21.4. The van der Waals surface area contributed by atoms with Crippen molar-refractivity contribution < 1.29 is 29.3 Å². The van der Waals surface area contributed by atoms with Gasteiger partial charge in [-0.1, -0.05) is 95.9 Å².